The Labute approximate surface area is 65.1 Å². The molecule has 0 amide bonds. The minimum absolute atomic E-state index is 0. The van der Waals surface area contributed by atoms with Crippen LogP contribution in [0, 0.1) is 0 Å². The topological polar surface area (TPSA) is 89.3 Å². The van der Waals surface area contributed by atoms with Gasteiger partial charge in [0.2, 0.25) is 0 Å². The molecule has 0 spiro atoms. The van der Waals surface area contributed by atoms with Gasteiger partial charge in [-0.25, -0.2) is 0 Å². The van der Waals surface area contributed by atoms with E-state index in [0.29, 0.717) is 13.1 Å². The van der Waals surface area contributed by atoms with Crippen LogP contribution in [0.5, 0.6) is 0 Å². The van der Waals surface area contributed by atoms with Gasteiger partial charge in [-0.05, 0) is 0 Å². The zero-order chi connectivity index (χ0) is 6.99. The Balaban J connectivity index is -0.0000000720. The molecule has 0 fully saturated rings. The van der Waals surface area contributed by atoms with Gasteiger partial charge in [0, 0.05) is 37.1 Å². The number of hydrogen-bond acceptors (Lipinski definition) is 3. The Kier molecular flexibility index (Phi) is 27.8. The van der Waals surface area contributed by atoms with Crippen molar-refractivity contribution in [2.45, 2.75) is 6.92 Å². The standard InChI is InChI=1S/C2H8N2.C2H4O2.Fe/c3-1-2-4;1-2(3)4;/h1-4H2;1H3,(H,3,4);. The van der Waals surface area contributed by atoms with Gasteiger partial charge in [-0.15, -0.1) is 0 Å². The van der Waals surface area contributed by atoms with Crippen LogP contribution in [-0.4, -0.2) is 24.2 Å². The summed E-state index contributed by atoms with van der Waals surface area (Å²) in [7, 11) is 0. The molecule has 0 aromatic rings. The van der Waals surface area contributed by atoms with Crippen LogP contribution in [0.2, 0.25) is 0 Å². The third-order valence-electron chi connectivity index (χ3n) is 0.167. The molecule has 5 heteroatoms. The van der Waals surface area contributed by atoms with Crippen LogP contribution in [0.4, 0.5) is 0 Å². The van der Waals surface area contributed by atoms with Crippen molar-refractivity contribution in [3.05, 3.63) is 0 Å². The van der Waals surface area contributed by atoms with Crippen LogP contribution < -0.4 is 11.5 Å². The van der Waals surface area contributed by atoms with E-state index in [1.54, 1.807) is 0 Å². The molecule has 5 N–H and O–H groups in total. The quantitative estimate of drug-likeness (QED) is 0.446. The molecule has 9 heavy (non-hydrogen) atoms. The van der Waals surface area contributed by atoms with Gasteiger partial charge in [0.05, 0.1) is 0 Å². The number of carboxylic acid groups (broad SMARTS) is 1. The number of aliphatic carboxylic acids is 1. The van der Waals surface area contributed by atoms with E-state index in [1.165, 1.54) is 0 Å². The summed E-state index contributed by atoms with van der Waals surface area (Å²) in [6.45, 7) is 2.28. The molecule has 0 aromatic carbocycles. The van der Waals surface area contributed by atoms with Crippen LogP contribution in [0.3, 0.4) is 0 Å². The smallest absolute Gasteiger partial charge is 0.300 e. The van der Waals surface area contributed by atoms with Crippen molar-refractivity contribution in [3.8, 4) is 0 Å². The fourth-order valence-electron chi connectivity index (χ4n) is 0. The predicted octanol–water partition coefficient (Wildman–Crippen LogP) is -1.01. The van der Waals surface area contributed by atoms with Crippen LogP contribution >= 0.6 is 0 Å². The molecular weight excluding hydrogens is 164 g/mol. The third kappa shape index (κ3) is 334. The molecule has 0 saturated heterocycles. The molecule has 0 atom stereocenters. The number of carboxylic acids is 1. The molecule has 0 saturated carbocycles. The maximum Gasteiger partial charge on any atom is 0.300 e. The Morgan fingerprint density at radius 1 is 1.44 bits per heavy atom. The van der Waals surface area contributed by atoms with E-state index < -0.39 is 5.97 Å². The van der Waals surface area contributed by atoms with E-state index in [1.807, 2.05) is 0 Å². The van der Waals surface area contributed by atoms with Gasteiger partial charge in [0.25, 0.3) is 5.97 Å². The molecule has 0 unspecified atom stereocenters. The van der Waals surface area contributed by atoms with Gasteiger partial charge >= 0.3 is 0 Å². The fraction of sp³-hybridized carbons (Fsp3) is 0.750. The zero-order valence-electron chi connectivity index (χ0n) is 5.28. The Bertz CT molecular complexity index is 54.5. The van der Waals surface area contributed by atoms with Gasteiger partial charge in [-0.3, -0.25) is 4.79 Å². The molecular formula is C4H12FeN2O2. The maximum atomic E-state index is 9.00. The minimum Gasteiger partial charge on any atom is -0.481 e. The van der Waals surface area contributed by atoms with Crippen molar-refractivity contribution in [2.75, 3.05) is 13.1 Å². The summed E-state index contributed by atoms with van der Waals surface area (Å²) >= 11 is 0. The number of nitrogens with two attached hydrogens (primary N) is 2. The number of carbonyl (C=O) groups is 1. The summed E-state index contributed by atoms with van der Waals surface area (Å²) in [6.07, 6.45) is 0. The van der Waals surface area contributed by atoms with Crippen LogP contribution in [-0.2, 0) is 21.9 Å². The minimum atomic E-state index is -0.833. The largest absolute Gasteiger partial charge is 0.481 e. The van der Waals surface area contributed by atoms with Gasteiger partial charge < -0.3 is 16.6 Å². The van der Waals surface area contributed by atoms with Crippen LogP contribution in [0.15, 0.2) is 0 Å². The summed E-state index contributed by atoms with van der Waals surface area (Å²) in [6, 6.07) is 0. The first-order valence-electron chi connectivity index (χ1n) is 2.24. The van der Waals surface area contributed by atoms with Gasteiger partial charge in [-0.1, -0.05) is 0 Å². The van der Waals surface area contributed by atoms with Crippen molar-refractivity contribution in [3.63, 3.8) is 0 Å². The second kappa shape index (κ2) is 15.7. The van der Waals surface area contributed by atoms with Crippen LogP contribution in [0.25, 0.3) is 0 Å². The Morgan fingerprint density at radius 2 is 1.56 bits per heavy atom. The summed E-state index contributed by atoms with van der Waals surface area (Å²) in [5.74, 6) is -0.833. The number of hydrogen-bond donors (Lipinski definition) is 3. The summed E-state index contributed by atoms with van der Waals surface area (Å²) < 4.78 is 0. The molecule has 0 rings (SSSR count). The molecule has 58 valence electrons. The van der Waals surface area contributed by atoms with Crippen molar-refractivity contribution in [1.82, 2.24) is 0 Å². The molecule has 0 aromatic heterocycles. The normalized spacial score (nSPS) is 6.11. The van der Waals surface area contributed by atoms with E-state index in [0.717, 1.165) is 6.92 Å². The van der Waals surface area contributed by atoms with Crippen molar-refractivity contribution in [1.29, 1.82) is 0 Å². The average Bonchev–Trinajstić information content (AvgIpc) is 1.65. The van der Waals surface area contributed by atoms with Crippen molar-refractivity contribution in [2.24, 2.45) is 11.5 Å². The van der Waals surface area contributed by atoms with E-state index in [-0.39, 0.29) is 17.1 Å². The van der Waals surface area contributed by atoms with Crippen molar-refractivity contribution >= 4 is 5.97 Å². The fourth-order valence-corrected chi connectivity index (χ4v) is 0. The molecule has 0 aliphatic heterocycles. The maximum absolute atomic E-state index is 9.00. The SMILES string of the molecule is CC(=O)O.NCCN.[Fe]. The first-order chi connectivity index (χ1) is 3.65. The third-order valence-corrected chi connectivity index (χ3v) is 0.167. The van der Waals surface area contributed by atoms with E-state index in [2.05, 4.69) is 0 Å². The second-order valence-corrected chi connectivity index (χ2v) is 1.10. The molecule has 0 aliphatic carbocycles. The van der Waals surface area contributed by atoms with Gasteiger partial charge in [0.15, 0.2) is 0 Å². The zero-order valence-corrected chi connectivity index (χ0v) is 6.38. The van der Waals surface area contributed by atoms with E-state index >= 15 is 0 Å². The molecule has 0 radical (unpaired) electrons. The Hall–Kier alpha value is -0.0905. The predicted molar refractivity (Wildman–Crippen MR) is 31.4 cm³/mol. The van der Waals surface area contributed by atoms with E-state index in [4.69, 9.17) is 21.4 Å². The number of rotatable bonds is 1. The van der Waals surface area contributed by atoms with Gasteiger partial charge in [0.1, 0.15) is 0 Å². The molecule has 0 heterocycles. The van der Waals surface area contributed by atoms with Crippen LogP contribution in [0.1, 0.15) is 6.92 Å². The van der Waals surface area contributed by atoms with E-state index in [9.17, 15) is 0 Å². The molecule has 0 aliphatic rings. The first-order valence-corrected chi connectivity index (χ1v) is 2.24. The summed E-state index contributed by atoms with van der Waals surface area (Å²) in [5.41, 5.74) is 9.81. The Morgan fingerprint density at radius 3 is 1.56 bits per heavy atom. The monoisotopic (exact) mass is 176 g/mol. The molecule has 0 bridgehead atoms. The summed E-state index contributed by atoms with van der Waals surface area (Å²) in [4.78, 5) is 9.00. The summed E-state index contributed by atoms with van der Waals surface area (Å²) in [5, 5.41) is 7.42. The molecule has 4 nitrogen and oxygen atoms in total. The average molecular weight is 176 g/mol. The van der Waals surface area contributed by atoms with Gasteiger partial charge in [-0.2, -0.15) is 0 Å². The second-order valence-electron chi connectivity index (χ2n) is 1.10. The first kappa shape index (κ1) is 16.0. The van der Waals surface area contributed by atoms with Crippen molar-refractivity contribution < 1.29 is 27.0 Å².